The summed E-state index contributed by atoms with van der Waals surface area (Å²) in [5.74, 6) is 1.51. The van der Waals surface area contributed by atoms with E-state index in [0.717, 1.165) is 73.3 Å². The number of aliphatic hydroxyl groups excluding tert-OH is 1. The van der Waals surface area contributed by atoms with Gasteiger partial charge in [0.2, 0.25) is 17.7 Å². The fourth-order valence-electron chi connectivity index (χ4n) is 10.8. The van der Waals surface area contributed by atoms with Crippen molar-refractivity contribution in [1.82, 2.24) is 20.1 Å². The van der Waals surface area contributed by atoms with Crippen molar-refractivity contribution in [3.05, 3.63) is 107 Å². The quantitative estimate of drug-likeness (QED) is 0.0700. The van der Waals surface area contributed by atoms with Crippen molar-refractivity contribution >= 4 is 35.0 Å². The molecule has 3 fully saturated rings. The molecule has 1 saturated carbocycles. The third-order valence-corrected chi connectivity index (χ3v) is 14.1. The van der Waals surface area contributed by atoms with Gasteiger partial charge in [0.25, 0.3) is 5.91 Å². The van der Waals surface area contributed by atoms with Crippen molar-refractivity contribution < 1.29 is 29.0 Å². The number of carbonyl (C=O) groups excluding carboxylic acids is 4. The molecule has 12 nitrogen and oxygen atoms in total. The van der Waals surface area contributed by atoms with E-state index in [1.807, 2.05) is 36.7 Å². The number of hydrogen-bond acceptors (Lipinski definition) is 9. The number of imide groups is 1. The summed E-state index contributed by atoms with van der Waals surface area (Å²) in [5, 5.41) is 19.4. The van der Waals surface area contributed by atoms with Crippen LogP contribution in [-0.4, -0.2) is 75.4 Å². The molecule has 4 aliphatic heterocycles. The minimum absolute atomic E-state index is 0.0229. The minimum Gasteiger partial charge on any atom is -0.493 e. The van der Waals surface area contributed by atoms with Crippen molar-refractivity contribution in [2.75, 3.05) is 30.4 Å². The highest BCUT2D eigenvalue weighted by molar-refractivity contribution is 6.05. The standard InChI is InChI=1S/C50H58N6O6/c57-31-43-39-22-25-55(29-34-20-23-51-24-21-34)48(39)40-28-36(16-17-42(40)53-43)35-7-2-8-37(27-35)52-46(58)11-1-5-32-12-14-33(15-13-32)6-4-26-62-45-10-3-9-38-41(45)30-56(50(38)61)44-18-19-47(59)54-49(44)60/h2-3,7-10,16-17,20-21,23-24,27-28,32-33,39,43-44,48,53,57H,1,4-6,11-15,18-19,22,25-26,29-31H2,(H,52,58)(H,54,59,60)/t32?,33?,39-,43-,44?,48-/m1/s1. The molecule has 9 rings (SSSR count). The van der Waals surface area contributed by atoms with E-state index in [-0.39, 0.29) is 42.8 Å². The average molecular weight is 839 g/mol. The molecule has 4 amide bonds. The molecule has 0 spiro atoms. The number of amides is 4. The number of aromatic nitrogens is 1. The summed E-state index contributed by atoms with van der Waals surface area (Å²) in [7, 11) is 0. The molecule has 4 N–H and O–H groups in total. The number of fused-ring (bicyclic) bond motifs is 4. The molecule has 0 bridgehead atoms. The highest BCUT2D eigenvalue weighted by Gasteiger charge is 2.44. The van der Waals surface area contributed by atoms with Gasteiger partial charge in [-0.05, 0) is 128 Å². The van der Waals surface area contributed by atoms with Crippen LogP contribution in [-0.2, 0) is 27.5 Å². The van der Waals surface area contributed by atoms with Crippen LogP contribution in [0.5, 0.6) is 5.75 Å². The summed E-state index contributed by atoms with van der Waals surface area (Å²) >= 11 is 0. The fraction of sp³-hybridized carbons (Fsp3) is 0.460. The molecule has 324 valence electrons. The summed E-state index contributed by atoms with van der Waals surface area (Å²) in [6.45, 7) is 2.80. The molecule has 1 aliphatic carbocycles. The molecule has 1 unspecified atom stereocenters. The second-order valence-electron chi connectivity index (χ2n) is 18.0. The first-order valence-corrected chi connectivity index (χ1v) is 22.7. The Hall–Kier alpha value is -5.59. The number of likely N-dealkylation sites (tertiary alicyclic amines) is 1. The number of benzene rings is 3. The zero-order valence-electron chi connectivity index (χ0n) is 35.4. The maximum absolute atomic E-state index is 13.2. The molecule has 12 heteroatoms. The second-order valence-corrected chi connectivity index (χ2v) is 18.0. The normalized spacial score (nSPS) is 24.5. The number of nitrogens with one attached hydrogen (secondary N) is 3. The molecular weight excluding hydrogens is 781 g/mol. The third-order valence-electron chi connectivity index (χ3n) is 14.1. The minimum atomic E-state index is -0.638. The Morgan fingerprint density at radius 1 is 0.871 bits per heavy atom. The Labute approximate surface area is 363 Å². The van der Waals surface area contributed by atoms with Crippen LogP contribution in [0.1, 0.15) is 110 Å². The van der Waals surface area contributed by atoms with Crippen LogP contribution in [0.2, 0.25) is 0 Å². The highest BCUT2D eigenvalue weighted by Crippen LogP contribution is 2.48. The number of carbonyl (C=O) groups is 4. The van der Waals surface area contributed by atoms with Crippen molar-refractivity contribution in [1.29, 1.82) is 0 Å². The number of nitrogens with zero attached hydrogens (tertiary/aromatic N) is 3. The first-order valence-electron chi connectivity index (χ1n) is 22.7. The van der Waals surface area contributed by atoms with Crippen LogP contribution in [0.25, 0.3) is 11.1 Å². The lowest BCUT2D eigenvalue weighted by Crippen LogP contribution is -2.52. The van der Waals surface area contributed by atoms with Crippen molar-refractivity contribution in [3.8, 4) is 16.9 Å². The summed E-state index contributed by atoms with van der Waals surface area (Å²) in [6.07, 6.45) is 14.6. The van der Waals surface area contributed by atoms with E-state index in [9.17, 15) is 24.3 Å². The van der Waals surface area contributed by atoms with Gasteiger partial charge in [-0.25, -0.2) is 0 Å². The van der Waals surface area contributed by atoms with Crippen LogP contribution in [0, 0.1) is 17.8 Å². The fourth-order valence-corrected chi connectivity index (χ4v) is 10.8. The van der Waals surface area contributed by atoms with Crippen molar-refractivity contribution in [2.24, 2.45) is 17.8 Å². The van der Waals surface area contributed by atoms with Crippen LogP contribution >= 0.6 is 0 Å². The van der Waals surface area contributed by atoms with Gasteiger partial charge < -0.3 is 25.4 Å². The van der Waals surface area contributed by atoms with E-state index in [0.29, 0.717) is 55.1 Å². The predicted octanol–water partition coefficient (Wildman–Crippen LogP) is 7.63. The van der Waals surface area contributed by atoms with Crippen molar-refractivity contribution in [3.63, 3.8) is 0 Å². The van der Waals surface area contributed by atoms with Gasteiger partial charge in [-0.15, -0.1) is 0 Å². The topological polar surface area (TPSA) is 153 Å². The Morgan fingerprint density at radius 2 is 1.65 bits per heavy atom. The van der Waals surface area contributed by atoms with E-state index in [1.54, 1.807) is 11.0 Å². The lowest BCUT2D eigenvalue weighted by atomic mass is 9.78. The van der Waals surface area contributed by atoms with E-state index < -0.39 is 11.9 Å². The van der Waals surface area contributed by atoms with E-state index in [4.69, 9.17) is 4.74 Å². The van der Waals surface area contributed by atoms with Gasteiger partial charge in [0.1, 0.15) is 11.8 Å². The molecule has 4 atom stereocenters. The molecule has 5 aliphatic rings. The van der Waals surface area contributed by atoms with Crippen LogP contribution in [0.4, 0.5) is 11.4 Å². The monoisotopic (exact) mass is 838 g/mol. The van der Waals surface area contributed by atoms with Gasteiger partial charge in [0, 0.05) is 66.2 Å². The smallest absolute Gasteiger partial charge is 0.255 e. The Morgan fingerprint density at radius 3 is 2.44 bits per heavy atom. The van der Waals surface area contributed by atoms with E-state index in [2.05, 4.69) is 68.3 Å². The Bertz CT molecular complexity index is 2280. The number of anilines is 2. The first-order chi connectivity index (χ1) is 30.3. The summed E-state index contributed by atoms with van der Waals surface area (Å²) in [6, 6.07) is 24.0. The maximum atomic E-state index is 13.2. The van der Waals surface area contributed by atoms with Crippen molar-refractivity contribution in [2.45, 2.75) is 108 Å². The van der Waals surface area contributed by atoms with Gasteiger partial charge in [-0.3, -0.25) is 34.4 Å². The number of piperidine rings is 1. The third kappa shape index (κ3) is 9.13. The summed E-state index contributed by atoms with van der Waals surface area (Å²) in [5.41, 5.74) is 7.95. The van der Waals surface area contributed by atoms with Gasteiger partial charge in [0.05, 0.1) is 25.8 Å². The van der Waals surface area contributed by atoms with Crippen LogP contribution in [0.15, 0.2) is 85.2 Å². The van der Waals surface area contributed by atoms with Crippen LogP contribution < -0.4 is 20.7 Å². The lowest BCUT2D eigenvalue weighted by molar-refractivity contribution is -0.137. The molecule has 3 aromatic carbocycles. The molecule has 62 heavy (non-hydrogen) atoms. The summed E-state index contributed by atoms with van der Waals surface area (Å²) < 4.78 is 6.21. The average Bonchev–Trinajstić information content (AvgIpc) is 3.86. The molecule has 0 radical (unpaired) electrons. The van der Waals surface area contributed by atoms with E-state index in [1.165, 1.54) is 36.8 Å². The van der Waals surface area contributed by atoms with Gasteiger partial charge in [-0.2, -0.15) is 0 Å². The zero-order valence-corrected chi connectivity index (χ0v) is 35.4. The molecule has 5 heterocycles. The molecule has 4 aromatic rings. The zero-order chi connectivity index (χ0) is 42.6. The molecule has 2 saturated heterocycles. The summed E-state index contributed by atoms with van der Waals surface area (Å²) in [4.78, 5) is 58.7. The number of aliphatic hydroxyl groups is 1. The second kappa shape index (κ2) is 18.8. The Balaban J connectivity index is 0.708. The first kappa shape index (κ1) is 41.7. The van der Waals surface area contributed by atoms with Gasteiger partial charge in [-0.1, -0.05) is 49.9 Å². The number of hydrogen-bond donors (Lipinski definition) is 4. The SMILES string of the molecule is O=C1CCC(N2Cc3c(OCCCC4CCC(CCCC(=O)Nc5cccc(-c6ccc7c(c6)[C@H]6[C@H](CCN6Cc6ccncc6)[C@@H](CO)N7)c5)CC4)cccc3C2=O)C(=O)N1. The molecule has 1 aromatic heterocycles. The molecular formula is C50H58N6O6. The predicted molar refractivity (Wildman–Crippen MR) is 237 cm³/mol. The maximum Gasteiger partial charge on any atom is 0.255 e. The van der Waals surface area contributed by atoms with Gasteiger partial charge in [0.15, 0.2) is 0 Å². The largest absolute Gasteiger partial charge is 0.493 e. The number of pyridine rings is 1. The highest BCUT2D eigenvalue weighted by atomic mass is 16.5. The van der Waals surface area contributed by atoms with Gasteiger partial charge >= 0.3 is 0 Å². The Kier molecular flexibility index (Phi) is 12.7. The number of ether oxygens (including phenoxy) is 1. The van der Waals surface area contributed by atoms with Crippen LogP contribution in [0.3, 0.4) is 0 Å². The number of rotatable bonds is 15. The lowest BCUT2D eigenvalue weighted by Gasteiger charge is -2.39. The van der Waals surface area contributed by atoms with E-state index >= 15 is 0 Å².